The van der Waals surface area contributed by atoms with E-state index in [1.165, 1.54) is 13.2 Å². The summed E-state index contributed by atoms with van der Waals surface area (Å²) in [6.45, 7) is 0. The number of halogens is 1. The van der Waals surface area contributed by atoms with Crippen LogP contribution >= 0.6 is 0 Å². The first-order valence-corrected chi connectivity index (χ1v) is 5.24. The molecule has 3 heteroatoms. The molecule has 0 bridgehead atoms. The van der Waals surface area contributed by atoms with Crippen LogP contribution in [0.5, 0.6) is 5.75 Å². The average Bonchev–Trinajstić information content (AvgIpc) is 2.64. The van der Waals surface area contributed by atoms with E-state index in [-0.39, 0.29) is 17.3 Å². The molecule has 84 valence electrons. The highest BCUT2D eigenvalue weighted by Crippen LogP contribution is 2.23. The Hall–Kier alpha value is -1.64. The smallest absolute Gasteiger partial charge is 0.165 e. The molecule has 2 rings (SSSR count). The topological polar surface area (TPSA) is 26.3 Å². The van der Waals surface area contributed by atoms with Crippen molar-refractivity contribution in [3.63, 3.8) is 0 Å². The number of ether oxygens (including phenoxy) is 1. The third kappa shape index (κ3) is 2.30. The van der Waals surface area contributed by atoms with Crippen LogP contribution in [0.2, 0.25) is 0 Å². The highest BCUT2D eigenvalue weighted by Gasteiger charge is 2.13. The van der Waals surface area contributed by atoms with E-state index in [0.717, 1.165) is 17.6 Å². The lowest BCUT2D eigenvalue weighted by Gasteiger charge is -2.05. The monoisotopic (exact) mass is 220 g/mol. The SMILES string of the molecule is COc1ccc(CC2=CC(=O)CC2)cc1F. The van der Waals surface area contributed by atoms with Crippen LogP contribution in [0.1, 0.15) is 18.4 Å². The molecule has 1 aromatic rings. The molecule has 0 spiro atoms. The first-order valence-electron chi connectivity index (χ1n) is 5.24. The summed E-state index contributed by atoms with van der Waals surface area (Å²) in [6.07, 6.45) is 3.70. The van der Waals surface area contributed by atoms with Crippen molar-refractivity contribution in [3.8, 4) is 5.75 Å². The Labute approximate surface area is 93.7 Å². The highest BCUT2D eigenvalue weighted by atomic mass is 19.1. The van der Waals surface area contributed by atoms with Crippen molar-refractivity contribution < 1.29 is 13.9 Å². The van der Waals surface area contributed by atoms with Crippen LogP contribution < -0.4 is 4.74 Å². The number of benzene rings is 1. The quantitative estimate of drug-likeness (QED) is 0.782. The van der Waals surface area contributed by atoms with E-state index in [2.05, 4.69) is 0 Å². The molecule has 16 heavy (non-hydrogen) atoms. The number of ketones is 1. The fraction of sp³-hybridized carbons (Fsp3) is 0.308. The second-order valence-electron chi connectivity index (χ2n) is 3.91. The number of carbonyl (C=O) groups is 1. The van der Waals surface area contributed by atoms with Crippen LogP contribution in [0.4, 0.5) is 4.39 Å². The average molecular weight is 220 g/mol. The zero-order valence-corrected chi connectivity index (χ0v) is 9.13. The number of hydrogen-bond donors (Lipinski definition) is 0. The summed E-state index contributed by atoms with van der Waals surface area (Å²) >= 11 is 0. The van der Waals surface area contributed by atoms with Crippen LogP contribution in [0, 0.1) is 5.82 Å². The zero-order valence-electron chi connectivity index (χ0n) is 9.13. The molecule has 0 unspecified atom stereocenters. The summed E-state index contributed by atoms with van der Waals surface area (Å²) in [5.41, 5.74) is 1.95. The molecule has 1 aromatic carbocycles. The maximum absolute atomic E-state index is 13.4. The molecule has 0 heterocycles. The number of methoxy groups -OCH3 is 1. The Kier molecular flexibility index (Phi) is 3.04. The normalized spacial score (nSPS) is 15.1. The summed E-state index contributed by atoms with van der Waals surface area (Å²) in [4.78, 5) is 11.0. The third-order valence-corrected chi connectivity index (χ3v) is 2.71. The Morgan fingerprint density at radius 3 is 2.75 bits per heavy atom. The van der Waals surface area contributed by atoms with E-state index in [1.54, 1.807) is 12.1 Å². The van der Waals surface area contributed by atoms with Gasteiger partial charge in [0.1, 0.15) is 0 Å². The molecule has 0 saturated carbocycles. The van der Waals surface area contributed by atoms with Gasteiger partial charge < -0.3 is 4.74 Å². The predicted octanol–water partition coefficient (Wildman–Crippen LogP) is 2.67. The summed E-state index contributed by atoms with van der Waals surface area (Å²) in [5.74, 6) is 0.0640. The highest BCUT2D eigenvalue weighted by molar-refractivity contribution is 5.93. The van der Waals surface area contributed by atoms with E-state index in [1.807, 2.05) is 6.07 Å². The molecular formula is C13H13FO2. The molecule has 1 aliphatic rings. The van der Waals surface area contributed by atoms with Crippen molar-refractivity contribution in [2.45, 2.75) is 19.3 Å². The lowest BCUT2D eigenvalue weighted by molar-refractivity contribution is -0.114. The summed E-state index contributed by atoms with van der Waals surface area (Å²) in [6, 6.07) is 4.90. The van der Waals surface area contributed by atoms with Crippen LogP contribution in [0.3, 0.4) is 0 Å². The molecule has 0 amide bonds. The molecule has 0 aromatic heterocycles. The lowest BCUT2D eigenvalue weighted by atomic mass is 10.0. The zero-order chi connectivity index (χ0) is 11.5. The fourth-order valence-corrected chi connectivity index (χ4v) is 1.88. The molecule has 2 nitrogen and oxygen atoms in total. The van der Waals surface area contributed by atoms with Crippen molar-refractivity contribution in [1.29, 1.82) is 0 Å². The van der Waals surface area contributed by atoms with Crippen LogP contribution in [-0.4, -0.2) is 12.9 Å². The fourth-order valence-electron chi connectivity index (χ4n) is 1.88. The predicted molar refractivity (Wildman–Crippen MR) is 59.0 cm³/mol. The van der Waals surface area contributed by atoms with Gasteiger partial charge in [0.05, 0.1) is 7.11 Å². The van der Waals surface area contributed by atoms with Gasteiger partial charge in [-0.3, -0.25) is 4.79 Å². The van der Waals surface area contributed by atoms with Gasteiger partial charge in [-0.25, -0.2) is 4.39 Å². The second kappa shape index (κ2) is 4.47. The summed E-state index contributed by atoms with van der Waals surface area (Å²) in [7, 11) is 1.44. The van der Waals surface area contributed by atoms with E-state index < -0.39 is 0 Å². The van der Waals surface area contributed by atoms with Gasteiger partial charge in [0.2, 0.25) is 0 Å². The number of hydrogen-bond acceptors (Lipinski definition) is 2. The molecule has 0 atom stereocenters. The van der Waals surface area contributed by atoms with Gasteiger partial charge in [-0.1, -0.05) is 11.6 Å². The largest absolute Gasteiger partial charge is 0.494 e. The molecular weight excluding hydrogens is 207 g/mol. The lowest BCUT2D eigenvalue weighted by Crippen LogP contribution is -1.92. The molecule has 0 saturated heterocycles. The number of rotatable bonds is 3. The molecule has 0 N–H and O–H groups in total. The van der Waals surface area contributed by atoms with E-state index in [4.69, 9.17) is 4.74 Å². The summed E-state index contributed by atoms with van der Waals surface area (Å²) in [5, 5.41) is 0. The van der Waals surface area contributed by atoms with Crippen molar-refractivity contribution in [2.75, 3.05) is 7.11 Å². The number of allylic oxidation sites excluding steroid dienone is 2. The molecule has 0 aliphatic heterocycles. The van der Waals surface area contributed by atoms with Crippen molar-refractivity contribution >= 4 is 5.78 Å². The van der Waals surface area contributed by atoms with Crippen LogP contribution in [-0.2, 0) is 11.2 Å². The Bertz CT molecular complexity index is 449. The first-order chi connectivity index (χ1) is 7.69. The number of carbonyl (C=O) groups excluding carboxylic acids is 1. The van der Waals surface area contributed by atoms with Gasteiger partial charge in [-0.15, -0.1) is 0 Å². The van der Waals surface area contributed by atoms with Crippen LogP contribution in [0.15, 0.2) is 29.8 Å². The summed E-state index contributed by atoms with van der Waals surface area (Å²) < 4.78 is 18.2. The molecule has 0 fully saturated rings. The second-order valence-corrected chi connectivity index (χ2v) is 3.91. The van der Waals surface area contributed by atoms with Crippen LogP contribution in [0.25, 0.3) is 0 Å². The minimum absolute atomic E-state index is 0.170. The van der Waals surface area contributed by atoms with Gasteiger partial charge in [-0.2, -0.15) is 0 Å². The first kappa shape index (κ1) is 10.9. The maximum atomic E-state index is 13.4. The van der Waals surface area contributed by atoms with Gasteiger partial charge in [-0.05, 0) is 36.6 Å². The Balaban J connectivity index is 2.13. The van der Waals surface area contributed by atoms with Gasteiger partial charge in [0.25, 0.3) is 0 Å². The van der Waals surface area contributed by atoms with Crippen molar-refractivity contribution in [3.05, 3.63) is 41.2 Å². The maximum Gasteiger partial charge on any atom is 0.165 e. The van der Waals surface area contributed by atoms with E-state index in [0.29, 0.717) is 12.8 Å². The third-order valence-electron chi connectivity index (χ3n) is 2.71. The van der Waals surface area contributed by atoms with E-state index >= 15 is 0 Å². The minimum atomic E-state index is -0.357. The molecule has 1 aliphatic carbocycles. The Morgan fingerprint density at radius 1 is 1.38 bits per heavy atom. The van der Waals surface area contributed by atoms with E-state index in [9.17, 15) is 9.18 Å². The van der Waals surface area contributed by atoms with Crippen molar-refractivity contribution in [1.82, 2.24) is 0 Å². The minimum Gasteiger partial charge on any atom is -0.494 e. The van der Waals surface area contributed by atoms with Gasteiger partial charge >= 0.3 is 0 Å². The van der Waals surface area contributed by atoms with Crippen molar-refractivity contribution in [2.24, 2.45) is 0 Å². The molecule has 0 radical (unpaired) electrons. The standard InChI is InChI=1S/C13H13FO2/c1-16-13-5-3-10(8-12(13)14)6-9-2-4-11(15)7-9/h3,5,7-8H,2,4,6H2,1H3. The van der Waals surface area contributed by atoms with Gasteiger partial charge in [0, 0.05) is 6.42 Å². The Morgan fingerprint density at radius 2 is 2.19 bits per heavy atom. The van der Waals surface area contributed by atoms with Gasteiger partial charge in [0.15, 0.2) is 17.3 Å².